The number of rotatable bonds is 4. The second-order valence-corrected chi connectivity index (χ2v) is 8.36. The van der Waals surface area contributed by atoms with E-state index in [1.165, 1.54) is 0 Å². The summed E-state index contributed by atoms with van der Waals surface area (Å²) >= 11 is 6.00. The lowest BCUT2D eigenvalue weighted by molar-refractivity contribution is -0.135. The summed E-state index contributed by atoms with van der Waals surface area (Å²) in [5.74, 6) is 0.790. The van der Waals surface area contributed by atoms with Gasteiger partial charge < -0.3 is 19.1 Å². The summed E-state index contributed by atoms with van der Waals surface area (Å²) < 4.78 is 7.35. The van der Waals surface area contributed by atoms with Crippen molar-refractivity contribution < 1.29 is 14.3 Å². The molecule has 1 atom stereocenters. The Morgan fingerprint density at radius 1 is 1.10 bits per heavy atom. The van der Waals surface area contributed by atoms with Crippen LogP contribution < -0.4 is 4.90 Å². The van der Waals surface area contributed by atoms with Gasteiger partial charge in [-0.2, -0.15) is 0 Å². The average Bonchev–Trinajstić information content (AvgIpc) is 3.35. The number of amides is 2. The fourth-order valence-corrected chi connectivity index (χ4v) is 4.50. The summed E-state index contributed by atoms with van der Waals surface area (Å²) in [6.07, 6.45) is 0.359. The molecule has 8 heteroatoms. The highest BCUT2D eigenvalue weighted by Crippen LogP contribution is 2.33. The van der Waals surface area contributed by atoms with Gasteiger partial charge in [0.05, 0.1) is 24.2 Å². The summed E-state index contributed by atoms with van der Waals surface area (Å²) in [7, 11) is 0. The second-order valence-electron chi connectivity index (χ2n) is 7.92. The van der Waals surface area contributed by atoms with Gasteiger partial charge in [-0.15, -0.1) is 0 Å². The summed E-state index contributed by atoms with van der Waals surface area (Å²) in [5.41, 5.74) is 2.57. The number of carbonyl (C=O) groups is 2. The van der Waals surface area contributed by atoms with Crippen molar-refractivity contribution in [1.29, 1.82) is 0 Å². The number of hydrogen-bond donors (Lipinski definition) is 0. The molecule has 2 fully saturated rings. The van der Waals surface area contributed by atoms with Crippen LogP contribution in [0.5, 0.6) is 0 Å². The van der Waals surface area contributed by atoms with Crippen LogP contribution in [0.15, 0.2) is 48.5 Å². The zero-order chi connectivity index (χ0) is 21.4. The van der Waals surface area contributed by atoms with Gasteiger partial charge in [0.2, 0.25) is 11.8 Å². The Hall–Kier alpha value is -2.90. The fraction of sp³-hybridized carbons (Fsp3) is 0.348. The molecule has 1 aromatic heterocycles. The van der Waals surface area contributed by atoms with Gasteiger partial charge >= 0.3 is 0 Å². The minimum Gasteiger partial charge on any atom is -0.378 e. The van der Waals surface area contributed by atoms with E-state index in [-0.39, 0.29) is 24.3 Å². The second kappa shape index (κ2) is 8.32. The first-order valence-corrected chi connectivity index (χ1v) is 10.8. The number of benzene rings is 2. The van der Waals surface area contributed by atoms with Crippen molar-refractivity contribution in [2.24, 2.45) is 0 Å². The number of halogens is 1. The number of hydrogen-bond acceptors (Lipinski definition) is 4. The number of anilines is 1. The Morgan fingerprint density at radius 3 is 2.61 bits per heavy atom. The largest absolute Gasteiger partial charge is 0.378 e. The van der Waals surface area contributed by atoms with E-state index in [9.17, 15) is 9.59 Å². The number of ether oxygens (including phenoxy) is 1. The maximum atomic E-state index is 13.0. The number of para-hydroxylation sites is 2. The first kappa shape index (κ1) is 20.0. The van der Waals surface area contributed by atoms with Gasteiger partial charge in [0.15, 0.2) is 0 Å². The van der Waals surface area contributed by atoms with Crippen molar-refractivity contribution >= 4 is 40.1 Å². The molecule has 5 rings (SSSR count). The fourth-order valence-electron chi connectivity index (χ4n) is 4.37. The highest BCUT2D eigenvalue weighted by molar-refractivity contribution is 6.30. The first-order chi connectivity index (χ1) is 15.1. The van der Waals surface area contributed by atoms with E-state index in [0.29, 0.717) is 44.3 Å². The lowest BCUT2D eigenvalue weighted by Gasteiger charge is -2.27. The van der Waals surface area contributed by atoms with Crippen LogP contribution in [-0.4, -0.2) is 59.1 Å². The standard InChI is InChI=1S/C23H23ClN4O3/c24-17-5-7-18(8-6-17)27-14-16(13-21(27)29)23-25-19-3-1-2-4-20(19)28(23)15-22(30)26-9-11-31-12-10-26/h1-8,16H,9-15H2. The van der Waals surface area contributed by atoms with Gasteiger partial charge in [0.25, 0.3) is 0 Å². The lowest BCUT2D eigenvalue weighted by Crippen LogP contribution is -2.42. The Morgan fingerprint density at radius 2 is 1.84 bits per heavy atom. The van der Waals surface area contributed by atoms with E-state index in [1.54, 1.807) is 17.0 Å². The Balaban J connectivity index is 1.45. The smallest absolute Gasteiger partial charge is 0.242 e. The Bertz CT molecular complexity index is 1120. The van der Waals surface area contributed by atoms with E-state index in [4.69, 9.17) is 21.3 Å². The van der Waals surface area contributed by atoms with Crippen LogP contribution in [0.1, 0.15) is 18.2 Å². The van der Waals surface area contributed by atoms with E-state index >= 15 is 0 Å². The van der Waals surface area contributed by atoms with Gasteiger partial charge in [-0.1, -0.05) is 23.7 Å². The first-order valence-electron chi connectivity index (χ1n) is 10.5. The number of imidazole rings is 1. The van der Waals surface area contributed by atoms with Crippen LogP contribution in [0, 0.1) is 0 Å². The minimum absolute atomic E-state index is 0.0467. The molecule has 0 aliphatic carbocycles. The molecule has 1 unspecified atom stereocenters. The quantitative estimate of drug-likeness (QED) is 0.627. The van der Waals surface area contributed by atoms with Crippen LogP contribution in [0.3, 0.4) is 0 Å². The van der Waals surface area contributed by atoms with Gasteiger partial charge in [0.1, 0.15) is 12.4 Å². The van der Waals surface area contributed by atoms with Crippen molar-refractivity contribution in [2.45, 2.75) is 18.9 Å². The maximum absolute atomic E-state index is 13.0. The molecule has 7 nitrogen and oxygen atoms in total. The molecule has 0 spiro atoms. The SMILES string of the molecule is O=C(Cn1c(C2CC(=O)N(c3ccc(Cl)cc3)C2)nc2ccccc21)N1CCOCC1. The average molecular weight is 439 g/mol. The van der Waals surface area contributed by atoms with E-state index < -0.39 is 0 Å². The third kappa shape index (κ3) is 3.91. The summed E-state index contributed by atoms with van der Waals surface area (Å²) in [5, 5.41) is 0.635. The van der Waals surface area contributed by atoms with Crippen LogP contribution in [-0.2, 0) is 20.9 Å². The number of fused-ring (bicyclic) bond motifs is 1. The molecule has 0 bridgehead atoms. The highest BCUT2D eigenvalue weighted by Gasteiger charge is 2.35. The van der Waals surface area contributed by atoms with E-state index in [2.05, 4.69) is 0 Å². The highest BCUT2D eigenvalue weighted by atomic mass is 35.5. The molecule has 3 aromatic rings. The van der Waals surface area contributed by atoms with Crippen molar-refractivity contribution in [3.8, 4) is 0 Å². The van der Waals surface area contributed by atoms with Gasteiger partial charge in [0, 0.05) is 42.7 Å². The molecule has 0 radical (unpaired) electrons. The molecule has 2 aromatic carbocycles. The van der Waals surface area contributed by atoms with Crippen molar-refractivity contribution in [3.05, 3.63) is 59.4 Å². The molecule has 160 valence electrons. The summed E-state index contributed by atoms with van der Waals surface area (Å²) in [6.45, 7) is 3.07. The van der Waals surface area contributed by atoms with Crippen LogP contribution in [0.4, 0.5) is 5.69 Å². The molecule has 0 saturated carbocycles. The van der Waals surface area contributed by atoms with Crippen molar-refractivity contribution in [1.82, 2.24) is 14.5 Å². The molecule has 3 heterocycles. The molecule has 2 aliphatic rings. The molecule has 2 aliphatic heterocycles. The molecular formula is C23H23ClN4O3. The summed E-state index contributed by atoms with van der Waals surface area (Å²) in [4.78, 5) is 34.2. The van der Waals surface area contributed by atoms with Crippen molar-refractivity contribution in [3.63, 3.8) is 0 Å². The number of morpholine rings is 1. The minimum atomic E-state index is -0.0898. The van der Waals surface area contributed by atoms with Gasteiger partial charge in [-0.3, -0.25) is 9.59 Å². The molecular weight excluding hydrogens is 416 g/mol. The predicted molar refractivity (Wildman–Crippen MR) is 118 cm³/mol. The molecule has 2 saturated heterocycles. The number of carbonyl (C=O) groups excluding carboxylic acids is 2. The predicted octanol–water partition coefficient (Wildman–Crippen LogP) is 3.07. The van der Waals surface area contributed by atoms with E-state index in [0.717, 1.165) is 22.5 Å². The zero-order valence-electron chi connectivity index (χ0n) is 17.0. The van der Waals surface area contributed by atoms with Gasteiger partial charge in [-0.25, -0.2) is 4.98 Å². The lowest BCUT2D eigenvalue weighted by atomic mass is 10.1. The van der Waals surface area contributed by atoms with Crippen LogP contribution >= 0.6 is 11.6 Å². The topological polar surface area (TPSA) is 67.7 Å². The summed E-state index contributed by atoms with van der Waals surface area (Å²) in [6, 6.07) is 15.1. The zero-order valence-corrected chi connectivity index (χ0v) is 17.8. The Labute approximate surface area is 185 Å². The third-order valence-corrected chi connectivity index (χ3v) is 6.22. The number of aromatic nitrogens is 2. The van der Waals surface area contributed by atoms with Gasteiger partial charge in [-0.05, 0) is 36.4 Å². The molecule has 2 amide bonds. The van der Waals surface area contributed by atoms with Crippen LogP contribution in [0.2, 0.25) is 5.02 Å². The van der Waals surface area contributed by atoms with Crippen LogP contribution in [0.25, 0.3) is 11.0 Å². The normalized spacial score (nSPS) is 19.4. The Kier molecular flexibility index (Phi) is 5.38. The maximum Gasteiger partial charge on any atom is 0.242 e. The molecule has 0 N–H and O–H groups in total. The van der Waals surface area contributed by atoms with Crippen molar-refractivity contribution in [2.75, 3.05) is 37.7 Å². The molecule has 31 heavy (non-hydrogen) atoms. The monoisotopic (exact) mass is 438 g/mol. The van der Waals surface area contributed by atoms with E-state index in [1.807, 2.05) is 45.9 Å². The number of nitrogens with zero attached hydrogens (tertiary/aromatic N) is 4. The third-order valence-electron chi connectivity index (χ3n) is 5.97.